The molecule has 100 valence electrons. The summed E-state index contributed by atoms with van der Waals surface area (Å²) in [5.74, 6) is -1.14. The highest BCUT2D eigenvalue weighted by Gasteiger charge is 2.26. The summed E-state index contributed by atoms with van der Waals surface area (Å²) >= 11 is 0. The van der Waals surface area contributed by atoms with Gasteiger partial charge >= 0.3 is 5.97 Å². The van der Waals surface area contributed by atoms with Crippen molar-refractivity contribution in [3.8, 4) is 0 Å². The molecule has 3 atom stereocenters. The monoisotopic (exact) mass is 244 g/mol. The van der Waals surface area contributed by atoms with Crippen LogP contribution in [0.3, 0.4) is 0 Å². The third kappa shape index (κ3) is 5.68. The molecule has 0 spiro atoms. The smallest absolute Gasteiger partial charge is 0.326 e. The van der Waals surface area contributed by atoms with Crippen LogP contribution in [0.25, 0.3) is 0 Å². The Labute approximate surface area is 103 Å². The zero-order chi connectivity index (χ0) is 13.6. The fourth-order valence-corrected chi connectivity index (χ4v) is 1.47. The van der Waals surface area contributed by atoms with Crippen molar-refractivity contribution in [1.29, 1.82) is 0 Å². The number of nitrogens with two attached hydrogens (primary N) is 1. The Morgan fingerprint density at radius 3 is 2.18 bits per heavy atom. The van der Waals surface area contributed by atoms with Gasteiger partial charge in [0.1, 0.15) is 6.04 Å². The SMILES string of the molecule is CCC(C)[C@H](N)C(=O)NC(CC(C)C)C(=O)O. The lowest BCUT2D eigenvalue weighted by Gasteiger charge is -2.22. The van der Waals surface area contributed by atoms with Crippen molar-refractivity contribution >= 4 is 11.9 Å². The molecule has 5 nitrogen and oxygen atoms in total. The first-order valence-electron chi connectivity index (χ1n) is 6.08. The van der Waals surface area contributed by atoms with Crippen LogP contribution in [0.4, 0.5) is 0 Å². The molecule has 0 aliphatic rings. The number of carbonyl (C=O) groups excluding carboxylic acids is 1. The Kier molecular flexibility index (Phi) is 6.80. The van der Waals surface area contributed by atoms with Crippen molar-refractivity contribution in [3.63, 3.8) is 0 Å². The first-order chi connectivity index (χ1) is 7.79. The van der Waals surface area contributed by atoms with Crippen LogP contribution in [0.15, 0.2) is 0 Å². The number of carboxylic acid groups (broad SMARTS) is 1. The van der Waals surface area contributed by atoms with E-state index in [-0.39, 0.29) is 17.7 Å². The molecule has 0 bridgehead atoms. The van der Waals surface area contributed by atoms with Crippen LogP contribution >= 0.6 is 0 Å². The minimum atomic E-state index is -1.01. The van der Waals surface area contributed by atoms with E-state index in [0.717, 1.165) is 6.42 Å². The van der Waals surface area contributed by atoms with Crippen LogP contribution in [0.5, 0.6) is 0 Å². The second-order valence-electron chi connectivity index (χ2n) is 4.94. The molecule has 0 radical (unpaired) electrons. The molecule has 0 aliphatic carbocycles. The van der Waals surface area contributed by atoms with Gasteiger partial charge in [-0.2, -0.15) is 0 Å². The third-order valence-electron chi connectivity index (χ3n) is 2.88. The van der Waals surface area contributed by atoms with Crippen molar-refractivity contribution < 1.29 is 14.7 Å². The summed E-state index contributed by atoms with van der Waals surface area (Å²) in [5, 5.41) is 11.5. The second-order valence-corrected chi connectivity index (χ2v) is 4.94. The van der Waals surface area contributed by atoms with Gasteiger partial charge in [0.2, 0.25) is 5.91 Å². The van der Waals surface area contributed by atoms with E-state index in [0.29, 0.717) is 6.42 Å². The molecule has 2 unspecified atom stereocenters. The molecule has 0 saturated heterocycles. The summed E-state index contributed by atoms with van der Waals surface area (Å²) in [4.78, 5) is 22.7. The van der Waals surface area contributed by atoms with Crippen LogP contribution in [0.1, 0.15) is 40.5 Å². The van der Waals surface area contributed by atoms with Gasteiger partial charge in [0.15, 0.2) is 0 Å². The molecular weight excluding hydrogens is 220 g/mol. The quantitative estimate of drug-likeness (QED) is 0.622. The molecule has 0 aromatic rings. The minimum absolute atomic E-state index is 0.0449. The number of carbonyl (C=O) groups is 2. The number of hydrogen-bond acceptors (Lipinski definition) is 3. The lowest BCUT2D eigenvalue weighted by molar-refractivity contribution is -0.142. The standard InChI is InChI=1S/C12H24N2O3/c1-5-8(4)10(13)11(15)14-9(12(16)17)6-7(2)3/h7-10H,5-6,13H2,1-4H3,(H,14,15)(H,16,17)/t8?,9?,10-/m0/s1. The average Bonchev–Trinajstić information content (AvgIpc) is 2.25. The molecule has 0 heterocycles. The lowest BCUT2D eigenvalue weighted by Crippen LogP contribution is -2.51. The maximum atomic E-state index is 11.7. The third-order valence-corrected chi connectivity index (χ3v) is 2.88. The molecule has 0 aliphatic heterocycles. The zero-order valence-corrected chi connectivity index (χ0v) is 11.1. The van der Waals surface area contributed by atoms with Crippen LogP contribution in [0, 0.1) is 11.8 Å². The van der Waals surface area contributed by atoms with Gasteiger partial charge < -0.3 is 16.2 Å². The van der Waals surface area contributed by atoms with E-state index in [2.05, 4.69) is 5.32 Å². The molecule has 5 heteroatoms. The van der Waals surface area contributed by atoms with Crippen LogP contribution in [-0.4, -0.2) is 29.1 Å². The van der Waals surface area contributed by atoms with E-state index in [1.54, 1.807) is 0 Å². The van der Waals surface area contributed by atoms with Crippen molar-refractivity contribution in [2.24, 2.45) is 17.6 Å². The number of rotatable bonds is 7. The van der Waals surface area contributed by atoms with Crippen molar-refractivity contribution in [2.75, 3.05) is 0 Å². The number of amides is 1. The van der Waals surface area contributed by atoms with Gasteiger partial charge in [-0.15, -0.1) is 0 Å². The first-order valence-corrected chi connectivity index (χ1v) is 6.08. The molecule has 0 fully saturated rings. The number of carboxylic acids is 1. The highest BCUT2D eigenvalue weighted by molar-refractivity contribution is 5.86. The summed E-state index contributed by atoms with van der Waals surface area (Å²) < 4.78 is 0. The summed E-state index contributed by atoms with van der Waals surface area (Å²) in [7, 11) is 0. The van der Waals surface area contributed by atoms with Gasteiger partial charge in [0.25, 0.3) is 0 Å². The predicted octanol–water partition coefficient (Wildman–Crippen LogP) is 0.975. The van der Waals surface area contributed by atoms with Gasteiger partial charge in [-0.3, -0.25) is 4.79 Å². The van der Waals surface area contributed by atoms with Gasteiger partial charge in [-0.25, -0.2) is 4.79 Å². The van der Waals surface area contributed by atoms with Crippen molar-refractivity contribution in [1.82, 2.24) is 5.32 Å². The zero-order valence-electron chi connectivity index (χ0n) is 11.1. The van der Waals surface area contributed by atoms with Gasteiger partial charge in [0, 0.05) is 0 Å². The Bertz CT molecular complexity index is 266. The maximum Gasteiger partial charge on any atom is 0.326 e. The minimum Gasteiger partial charge on any atom is -0.480 e. The van der Waals surface area contributed by atoms with Crippen molar-refractivity contribution in [3.05, 3.63) is 0 Å². The summed E-state index contributed by atoms with van der Waals surface area (Å²) in [6.45, 7) is 7.65. The molecule has 0 aromatic carbocycles. The topological polar surface area (TPSA) is 92.4 Å². The maximum absolute atomic E-state index is 11.7. The lowest BCUT2D eigenvalue weighted by atomic mass is 9.98. The summed E-state index contributed by atoms with van der Waals surface area (Å²) in [6, 6.07) is -1.49. The molecule has 0 rings (SSSR count). The van der Waals surface area contributed by atoms with E-state index >= 15 is 0 Å². The fraction of sp³-hybridized carbons (Fsp3) is 0.833. The fourth-order valence-electron chi connectivity index (χ4n) is 1.47. The van der Waals surface area contributed by atoms with Crippen LogP contribution < -0.4 is 11.1 Å². The Balaban J connectivity index is 4.45. The van der Waals surface area contributed by atoms with Crippen molar-refractivity contribution in [2.45, 2.75) is 52.6 Å². The molecule has 0 aromatic heterocycles. The van der Waals surface area contributed by atoms with Gasteiger partial charge in [-0.1, -0.05) is 34.1 Å². The number of nitrogens with one attached hydrogen (secondary N) is 1. The van der Waals surface area contributed by atoms with Crippen LogP contribution in [-0.2, 0) is 9.59 Å². The Morgan fingerprint density at radius 1 is 1.29 bits per heavy atom. The molecule has 17 heavy (non-hydrogen) atoms. The highest BCUT2D eigenvalue weighted by Crippen LogP contribution is 2.08. The Hall–Kier alpha value is -1.10. The average molecular weight is 244 g/mol. The summed E-state index contributed by atoms with van der Waals surface area (Å²) in [5.41, 5.74) is 5.75. The van der Waals surface area contributed by atoms with Crippen LogP contribution in [0.2, 0.25) is 0 Å². The number of hydrogen-bond donors (Lipinski definition) is 3. The first kappa shape index (κ1) is 15.9. The second kappa shape index (κ2) is 7.27. The molecule has 0 saturated carbocycles. The van der Waals surface area contributed by atoms with E-state index < -0.39 is 18.1 Å². The van der Waals surface area contributed by atoms with E-state index in [9.17, 15) is 9.59 Å². The molecular formula is C12H24N2O3. The van der Waals surface area contributed by atoms with Gasteiger partial charge in [0.05, 0.1) is 6.04 Å². The van der Waals surface area contributed by atoms with Gasteiger partial charge in [-0.05, 0) is 18.3 Å². The summed E-state index contributed by atoms with van der Waals surface area (Å²) in [6.07, 6.45) is 1.20. The van der Waals surface area contributed by atoms with E-state index in [1.807, 2.05) is 27.7 Å². The van der Waals surface area contributed by atoms with E-state index in [4.69, 9.17) is 10.8 Å². The highest BCUT2D eigenvalue weighted by atomic mass is 16.4. The predicted molar refractivity (Wildman–Crippen MR) is 66.5 cm³/mol. The Morgan fingerprint density at radius 2 is 1.82 bits per heavy atom. The normalized spacial score (nSPS) is 16.4. The number of aliphatic carboxylic acids is 1. The van der Waals surface area contributed by atoms with E-state index in [1.165, 1.54) is 0 Å². The molecule has 4 N–H and O–H groups in total. The molecule has 1 amide bonds. The largest absolute Gasteiger partial charge is 0.480 e.